The smallest absolute Gasteiger partial charge is 0.233 e. The van der Waals surface area contributed by atoms with E-state index in [0.29, 0.717) is 19.4 Å². The lowest BCUT2D eigenvalue weighted by Crippen LogP contribution is -2.49. The molecule has 0 atom stereocenters. The maximum atomic E-state index is 11.7. The Hall–Kier alpha value is -1.26. The summed E-state index contributed by atoms with van der Waals surface area (Å²) in [5.41, 5.74) is 4.67. The molecule has 0 heterocycles. The van der Waals surface area contributed by atoms with Gasteiger partial charge in [0.25, 0.3) is 0 Å². The molecule has 0 aromatic rings. The molecule has 0 aliphatic rings. The summed E-state index contributed by atoms with van der Waals surface area (Å²) >= 11 is 0. The predicted molar refractivity (Wildman–Crippen MR) is 55.1 cm³/mol. The van der Waals surface area contributed by atoms with Crippen molar-refractivity contribution in [1.29, 1.82) is 0 Å². The van der Waals surface area contributed by atoms with E-state index in [1.54, 1.807) is 0 Å². The van der Waals surface area contributed by atoms with E-state index in [1.807, 2.05) is 20.8 Å². The van der Waals surface area contributed by atoms with Crippen molar-refractivity contribution in [3.05, 3.63) is 0 Å². The molecule has 0 aromatic carbocycles. The van der Waals surface area contributed by atoms with E-state index >= 15 is 0 Å². The van der Waals surface area contributed by atoms with Gasteiger partial charge in [0.05, 0.1) is 0 Å². The molecule has 0 fully saturated rings. The van der Waals surface area contributed by atoms with Crippen LogP contribution in [-0.2, 0) is 4.79 Å². The Bertz CT molecular complexity index is 222. The lowest BCUT2D eigenvalue weighted by atomic mass is 9.80. The van der Waals surface area contributed by atoms with E-state index in [2.05, 4.69) is 10.5 Å². The lowest BCUT2D eigenvalue weighted by molar-refractivity contribution is -0.127. The number of oxime groups is 1. The number of nitrogens with two attached hydrogens (primary N) is 1. The number of rotatable bonds is 5. The van der Waals surface area contributed by atoms with E-state index in [1.165, 1.54) is 0 Å². The van der Waals surface area contributed by atoms with E-state index in [4.69, 9.17) is 10.9 Å². The van der Waals surface area contributed by atoms with Gasteiger partial charge >= 0.3 is 0 Å². The molecular formula is C9H19N3O2. The van der Waals surface area contributed by atoms with Crippen LogP contribution < -0.4 is 11.1 Å². The van der Waals surface area contributed by atoms with E-state index in [9.17, 15) is 4.79 Å². The molecule has 0 aliphatic carbocycles. The molecule has 0 unspecified atom stereocenters. The quantitative estimate of drug-likeness (QED) is 0.264. The standard InChI is InChI=1S/C9H19N3O2/c1-4-9(5-2,7(10)12-14)8(13)11-6-3/h14H,4-6H2,1-3H3,(H2,10,12)(H,11,13). The molecule has 0 saturated heterocycles. The summed E-state index contributed by atoms with van der Waals surface area (Å²) in [6, 6.07) is 0. The summed E-state index contributed by atoms with van der Waals surface area (Å²) in [5.74, 6) is -0.200. The normalized spacial score (nSPS) is 12.6. The minimum Gasteiger partial charge on any atom is -0.409 e. The van der Waals surface area contributed by atoms with Crippen LogP contribution in [-0.4, -0.2) is 23.5 Å². The fourth-order valence-electron chi connectivity index (χ4n) is 1.48. The Morgan fingerprint density at radius 3 is 2.21 bits per heavy atom. The highest BCUT2D eigenvalue weighted by Crippen LogP contribution is 2.26. The Labute approximate surface area is 84.4 Å². The van der Waals surface area contributed by atoms with Gasteiger partial charge in [-0.3, -0.25) is 4.79 Å². The summed E-state index contributed by atoms with van der Waals surface area (Å²) in [5, 5.41) is 14.3. The van der Waals surface area contributed by atoms with Crippen molar-refractivity contribution in [2.75, 3.05) is 6.54 Å². The SMILES string of the molecule is CCNC(=O)C(CC)(CC)C(N)=NO. The number of nitrogens with zero attached hydrogens (tertiary/aromatic N) is 1. The first-order valence-electron chi connectivity index (χ1n) is 4.85. The van der Waals surface area contributed by atoms with Gasteiger partial charge < -0.3 is 16.3 Å². The van der Waals surface area contributed by atoms with E-state index in [-0.39, 0.29) is 11.7 Å². The van der Waals surface area contributed by atoms with Crippen LogP contribution in [0.15, 0.2) is 5.16 Å². The van der Waals surface area contributed by atoms with Gasteiger partial charge in [-0.05, 0) is 19.8 Å². The van der Waals surface area contributed by atoms with Crippen LogP contribution in [0.25, 0.3) is 0 Å². The summed E-state index contributed by atoms with van der Waals surface area (Å²) in [7, 11) is 0. The topological polar surface area (TPSA) is 87.7 Å². The van der Waals surface area contributed by atoms with Crippen molar-refractivity contribution in [1.82, 2.24) is 5.32 Å². The second kappa shape index (κ2) is 5.47. The van der Waals surface area contributed by atoms with Gasteiger partial charge in [-0.2, -0.15) is 0 Å². The molecule has 5 nitrogen and oxygen atoms in total. The van der Waals surface area contributed by atoms with Gasteiger partial charge in [-0.15, -0.1) is 0 Å². The number of amides is 1. The minimum atomic E-state index is -0.870. The van der Waals surface area contributed by atoms with Crippen molar-refractivity contribution >= 4 is 11.7 Å². The Kier molecular flexibility index (Phi) is 4.97. The molecule has 0 radical (unpaired) electrons. The van der Waals surface area contributed by atoms with Crippen molar-refractivity contribution in [3.63, 3.8) is 0 Å². The molecule has 0 rings (SSSR count). The van der Waals surface area contributed by atoms with E-state index in [0.717, 1.165) is 0 Å². The maximum Gasteiger partial charge on any atom is 0.233 e. The zero-order valence-electron chi connectivity index (χ0n) is 9.00. The van der Waals surface area contributed by atoms with Crippen LogP contribution >= 0.6 is 0 Å². The number of hydrogen-bond acceptors (Lipinski definition) is 3. The van der Waals surface area contributed by atoms with Crippen LogP contribution in [0, 0.1) is 5.41 Å². The van der Waals surface area contributed by atoms with Crippen molar-refractivity contribution < 1.29 is 10.0 Å². The zero-order valence-corrected chi connectivity index (χ0v) is 9.00. The Balaban J connectivity index is 4.97. The molecule has 0 aromatic heterocycles. The molecule has 0 saturated carbocycles. The molecule has 1 amide bonds. The van der Waals surface area contributed by atoms with Gasteiger partial charge in [-0.25, -0.2) is 0 Å². The van der Waals surface area contributed by atoms with Gasteiger partial charge in [0, 0.05) is 6.54 Å². The second-order valence-corrected chi connectivity index (χ2v) is 3.13. The van der Waals surface area contributed by atoms with Crippen molar-refractivity contribution in [2.45, 2.75) is 33.6 Å². The number of nitrogens with one attached hydrogen (secondary N) is 1. The van der Waals surface area contributed by atoms with Gasteiger partial charge in [0.2, 0.25) is 5.91 Å². The molecule has 0 aliphatic heterocycles. The molecule has 82 valence electrons. The number of carbonyl (C=O) groups is 1. The van der Waals surface area contributed by atoms with Crippen LogP contribution in [0.2, 0.25) is 0 Å². The molecular weight excluding hydrogens is 182 g/mol. The molecule has 4 N–H and O–H groups in total. The number of hydrogen-bond donors (Lipinski definition) is 3. The average Bonchev–Trinajstić information content (AvgIpc) is 2.20. The maximum absolute atomic E-state index is 11.7. The van der Waals surface area contributed by atoms with Crippen LogP contribution in [0.1, 0.15) is 33.6 Å². The van der Waals surface area contributed by atoms with Gasteiger partial charge in [0.1, 0.15) is 5.41 Å². The van der Waals surface area contributed by atoms with Gasteiger partial charge in [-0.1, -0.05) is 19.0 Å². The fourth-order valence-corrected chi connectivity index (χ4v) is 1.48. The first-order valence-corrected chi connectivity index (χ1v) is 4.85. The largest absolute Gasteiger partial charge is 0.409 e. The number of amidine groups is 1. The van der Waals surface area contributed by atoms with Crippen LogP contribution in [0.3, 0.4) is 0 Å². The third-order valence-corrected chi connectivity index (χ3v) is 2.58. The van der Waals surface area contributed by atoms with Crippen molar-refractivity contribution in [2.24, 2.45) is 16.3 Å². The molecule has 0 spiro atoms. The fraction of sp³-hybridized carbons (Fsp3) is 0.778. The first kappa shape index (κ1) is 12.7. The Morgan fingerprint density at radius 1 is 1.43 bits per heavy atom. The Morgan fingerprint density at radius 2 is 1.93 bits per heavy atom. The minimum absolute atomic E-state index is 0.0200. The highest BCUT2D eigenvalue weighted by Gasteiger charge is 2.39. The highest BCUT2D eigenvalue weighted by molar-refractivity contribution is 6.06. The molecule has 0 bridgehead atoms. The average molecular weight is 201 g/mol. The van der Waals surface area contributed by atoms with Crippen LogP contribution in [0.5, 0.6) is 0 Å². The summed E-state index contributed by atoms with van der Waals surface area (Å²) in [6.07, 6.45) is 1.04. The third-order valence-electron chi connectivity index (χ3n) is 2.58. The molecule has 14 heavy (non-hydrogen) atoms. The lowest BCUT2D eigenvalue weighted by Gasteiger charge is -2.28. The second-order valence-electron chi connectivity index (χ2n) is 3.13. The van der Waals surface area contributed by atoms with Gasteiger partial charge in [0.15, 0.2) is 5.84 Å². The molecule has 5 heteroatoms. The van der Waals surface area contributed by atoms with Crippen molar-refractivity contribution in [3.8, 4) is 0 Å². The van der Waals surface area contributed by atoms with E-state index < -0.39 is 5.41 Å². The monoisotopic (exact) mass is 201 g/mol. The predicted octanol–water partition coefficient (Wildman–Crippen LogP) is 0.675. The summed E-state index contributed by atoms with van der Waals surface area (Å²) in [6.45, 7) is 6.06. The van der Waals surface area contributed by atoms with Crippen LogP contribution in [0.4, 0.5) is 0 Å². The summed E-state index contributed by atoms with van der Waals surface area (Å²) in [4.78, 5) is 11.7. The first-order chi connectivity index (χ1) is 6.58. The number of carbonyl (C=O) groups excluding carboxylic acids is 1. The third kappa shape index (κ3) is 2.16. The highest BCUT2D eigenvalue weighted by atomic mass is 16.4. The summed E-state index contributed by atoms with van der Waals surface area (Å²) < 4.78 is 0. The zero-order chi connectivity index (χ0) is 11.2.